The largest absolute Gasteiger partial charge is 0.310 e. The molecule has 10 rings (SSSR count). The molecule has 0 fully saturated rings. The van der Waals surface area contributed by atoms with Gasteiger partial charge in [0.1, 0.15) is 11.6 Å². The number of benzene rings is 9. The van der Waals surface area contributed by atoms with E-state index in [4.69, 9.17) is 0 Å². The highest BCUT2D eigenvalue weighted by atomic mass is 19.1. The Morgan fingerprint density at radius 3 is 1.37 bits per heavy atom. The molecule has 1 heterocycles. The minimum Gasteiger partial charge on any atom is -0.310 e. The van der Waals surface area contributed by atoms with Crippen LogP contribution in [0.25, 0.3) is 71.3 Å². The fraction of sp³-hybridized carbons (Fsp3) is 0. The normalized spacial score (nSPS) is 11.5. The number of hydrogen-bond donors (Lipinski definition) is 0. The van der Waals surface area contributed by atoms with Gasteiger partial charge in [0.05, 0.1) is 11.0 Å². The van der Waals surface area contributed by atoms with Crippen LogP contribution in [0.15, 0.2) is 194 Å². The van der Waals surface area contributed by atoms with Gasteiger partial charge in [-0.3, -0.25) is 0 Å². The predicted molar refractivity (Wildman–Crippen MR) is 221 cm³/mol. The number of halogens is 2. The lowest BCUT2D eigenvalue weighted by Crippen LogP contribution is -2.10. The molecule has 0 saturated heterocycles. The molecule has 0 unspecified atom stereocenters. The standard InChI is InChI=1S/C50H32F2N2/c51-35-14-10-12-33(30-35)49-43-20-4-5-21-44(43)50(34-13-11-15-36(52)31-34)46-32-40(28-29-45(46)49)53(37-16-2-1-3-17-37)38-24-26-39(27-25-38)54-47-22-8-6-18-41(47)42-19-7-9-23-48(42)54/h1-32H. The number of nitrogens with zero attached hydrogens (tertiary/aromatic N) is 2. The number of rotatable bonds is 6. The Balaban J connectivity index is 1.21. The Kier molecular flexibility index (Phi) is 7.55. The van der Waals surface area contributed by atoms with Crippen molar-refractivity contribution in [2.45, 2.75) is 0 Å². The molecule has 0 radical (unpaired) electrons. The first kappa shape index (κ1) is 31.7. The minimum atomic E-state index is -0.302. The third-order valence-corrected chi connectivity index (χ3v) is 10.5. The number of hydrogen-bond acceptors (Lipinski definition) is 1. The summed E-state index contributed by atoms with van der Waals surface area (Å²) in [7, 11) is 0. The van der Waals surface area contributed by atoms with Gasteiger partial charge in [-0.15, -0.1) is 0 Å². The van der Waals surface area contributed by atoms with Gasteiger partial charge in [-0.05, 0) is 129 Å². The van der Waals surface area contributed by atoms with Gasteiger partial charge in [0, 0.05) is 33.5 Å². The molecule has 0 aliphatic heterocycles. The van der Waals surface area contributed by atoms with Crippen molar-refractivity contribution >= 4 is 60.4 Å². The number of para-hydroxylation sites is 3. The molecule has 0 bridgehead atoms. The molecule has 0 saturated carbocycles. The van der Waals surface area contributed by atoms with E-state index in [2.05, 4.69) is 125 Å². The van der Waals surface area contributed by atoms with Gasteiger partial charge in [0.2, 0.25) is 0 Å². The molecule has 10 aromatic rings. The minimum absolute atomic E-state index is 0.296. The van der Waals surface area contributed by atoms with E-state index in [0.717, 1.165) is 77.6 Å². The number of fused-ring (bicyclic) bond motifs is 5. The van der Waals surface area contributed by atoms with Crippen molar-refractivity contribution in [1.29, 1.82) is 0 Å². The van der Waals surface area contributed by atoms with Gasteiger partial charge in [0.15, 0.2) is 0 Å². The molecule has 0 aliphatic rings. The highest BCUT2D eigenvalue weighted by molar-refractivity contribution is 6.22. The second kappa shape index (κ2) is 12.9. The highest BCUT2D eigenvalue weighted by Crippen LogP contribution is 2.46. The zero-order valence-electron chi connectivity index (χ0n) is 29.1. The summed E-state index contributed by atoms with van der Waals surface area (Å²) < 4.78 is 32.1. The summed E-state index contributed by atoms with van der Waals surface area (Å²) in [5.74, 6) is -0.598. The molecule has 0 atom stereocenters. The van der Waals surface area contributed by atoms with Crippen molar-refractivity contribution in [2.24, 2.45) is 0 Å². The summed E-state index contributed by atoms with van der Waals surface area (Å²) in [4.78, 5) is 2.25. The van der Waals surface area contributed by atoms with Crippen molar-refractivity contribution in [1.82, 2.24) is 4.57 Å². The molecule has 256 valence electrons. The van der Waals surface area contributed by atoms with Crippen LogP contribution in [-0.2, 0) is 0 Å². The third-order valence-electron chi connectivity index (χ3n) is 10.5. The van der Waals surface area contributed by atoms with Gasteiger partial charge >= 0.3 is 0 Å². The van der Waals surface area contributed by atoms with Crippen LogP contribution in [0, 0.1) is 11.6 Å². The van der Waals surface area contributed by atoms with Crippen LogP contribution in [0.4, 0.5) is 25.8 Å². The summed E-state index contributed by atoms with van der Waals surface area (Å²) in [5.41, 5.74) is 9.75. The zero-order valence-corrected chi connectivity index (χ0v) is 29.1. The molecule has 1 aromatic heterocycles. The van der Waals surface area contributed by atoms with Crippen LogP contribution in [0.1, 0.15) is 0 Å². The fourth-order valence-corrected chi connectivity index (χ4v) is 8.19. The van der Waals surface area contributed by atoms with Gasteiger partial charge in [-0.2, -0.15) is 0 Å². The topological polar surface area (TPSA) is 8.17 Å². The summed E-state index contributed by atoms with van der Waals surface area (Å²) in [6.07, 6.45) is 0. The maximum Gasteiger partial charge on any atom is 0.123 e. The molecule has 9 aromatic carbocycles. The Morgan fingerprint density at radius 2 is 0.796 bits per heavy atom. The molecular formula is C50H32F2N2. The molecule has 0 N–H and O–H groups in total. The molecule has 0 amide bonds. The van der Waals surface area contributed by atoms with Gasteiger partial charge in [-0.25, -0.2) is 8.78 Å². The molecule has 0 aliphatic carbocycles. The molecule has 2 nitrogen and oxygen atoms in total. The fourth-order valence-electron chi connectivity index (χ4n) is 8.19. The second-order valence-electron chi connectivity index (χ2n) is 13.6. The first-order valence-electron chi connectivity index (χ1n) is 18.1. The summed E-state index contributed by atoms with van der Waals surface area (Å²) in [6.45, 7) is 0. The molecule has 54 heavy (non-hydrogen) atoms. The van der Waals surface area contributed by atoms with Crippen LogP contribution < -0.4 is 4.90 Å². The Bertz CT molecular complexity index is 2970. The van der Waals surface area contributed by atoms with Crippen molar-refractivity contribution in [3.63, 3.8) is 0 Å². The lowest BCUT2D eigenvalue weighted by molar-refractivity contribution is 0.628. The van der Waals surface area contributed by atoms with E-state index in [1.807, 2.05) is 42.5 Å². The van der Waals surface area contributed by atoms with Gasteiger partial charge in [0.25, 0.3) is 0 Å². The van der Waals surface area contributed by atoms with Crippen LogP contribution in [0.2, 0.25) is 0 Å². The molecular weight excluding hydrogens is 667 g/mol. The Labute approximate surface area is 311 Å². The average Bonchev–Trinajstić information content (AvgIpc) is 3.55. The average molecular weight is 699 g/mol. The first-order chi connectivity index (χ1) is 26.6. The maximum absolute atomic E-state index is 14.9. The van der Waals surface area contributed by atoms with E-state index in [1.54, 1.807) is 24.3 Å². The number of anilines is 3. The third kappa shape index (κ3) is 5.22. The summed E-state index contributed by atoms with van der Waals surface area (Å²) in [6, 6.07) is 64.2. The van der Waals surface area contributed by atoms with Crippen molar-refractivity contribution in [2.75, 3.05) is 4.90 Å². The van der Waals surface area contributed by atoms with E-state index in [-0.39, 0.29) is 11.6 Å². The Hall–Kier alpha value is -7.04. The second-order valence-corrected chi connectivity index (χ2v) is 13.6. The zero-order chi connectivity index (χ0) is 36.2. The quantitative estimate of drug-likeness (QED) is 0.157. The SMILES string of the molecule is Fc1cccc(-c2c3ccccc3c(-c3cccc(F)c3)c3cc(N(c4ccccc4)c4ccc(-n5c6ccccc6c6ccccc65)cc4)ccc23)c1. The van der Waals surface area contributed by atoms with Crippen molar-refractivity contribution in [3.05, 3.63) is 206 Å². The van der Waals surface area contributed by atoms with Crippen LogP contribution in [0.3, 0.4) is 0 Å². The van der Waals surface area contributed by atoms with E-state index in [1.165, 1.54) is 22.9 Å². The van der Waals surface area contributed by atoms with Gasteiger partial charge in [-0.1, -0.05) is 109 Å². The predicted octanol–water partition coefficient (Wildman–Crippen LogP) is 14.2. The first-order valence-corrected chi connectivity index (χ1v) is 18.1. The number of aromatic nitrogens is 1. The van der Waals surface area contributed by atoms with Crippen LogP contribution in [-0.4, -0.2) is 4.57 Å². The van der Waals surface area contributed by atoms with E-state index in [9.17, 15) is 8.78 Å². The molecule has 0 spiro atoms. The van der Waals surface area contributed by atoms with Crippen LogP contribution in [0.5, 0.6) is 0 Å². The summed E-state index contributed by atoms with van der Waals surface area (Å²) in [5, 5.41) is 6.28. The monoisotopic (exact) mass is 698 g/mol. The lowest BCUT2D eigenvalue weighted by atomic mass is 9.85. The summed E-state index contributed by atoms with van der Waals surface area (Å²) >= 11 is 0. The smallest absolute Gasteiger partial charge is 0.123 e. The lowest BCUT2D eigenvalue weighted by Gasteiger charge is -2.27. The van der Waals surface area contributed by atoms with E-state index >= 15 is 0 Å². The van der Waals surface area contributed by atoms with E-state index in [0.29, 0.717) is 0 Å². The maximum atomic E-state index is 14.9. The van der Waals surface area contributed by atoms with Gasteiger partial charge < -0.3 is 9.47 Å². The highest BCUT2D eigenvalue weighted by Gasteiger charge is 2.21. The van der Waals surface area contributed by atoms with Crippen molar-refractivity contribution < 1.29 is 8.78 Å². The van der Waals surface area contributed by atoms with Crippen LogP contribution >= 0.6 is 0 Å². The molecule has 4 heteroatoms. The van der Waals surface area contributed by atoms with E-state index < -0.39 is 0 Å². The Morgan fingerprint density at radius 1 is 0.333 bits per heavy atom. The van der Waals surface area contributed by atoms with Crippen molar-refractivity contribution in [3.8, 4) is 27.9 Å².